The molecule has 166 valence electrons. The van der Waals surface area contributed by atoms with Gasteiger partial charge in [-0.3, -0.25) is 9.78 Å². The van der Waals surface area contributed by atoms with E-state index in [1.54, 1.807) is 36.5 Å². The number of alkyl halides is 2. The molecule has 2 aromatic heterocycles. The summed E-state index contributed by atoms with van der Waals surface area (Å²) in [6.07, 6.45) is 2.56. The fourth-order valence-corrected chi connectivity index (χ4v) is 3.71. The Kier molecular flexibility index (Phi) is 6.06. The number of halogens is 3. The first-order valence-electron chi connectivity index (χ1n) is 10.2. The third-order valence-electron chi connectivity index (χ3n) is 5.28. The zero-order chi connectivity index (χ0) is 22.9. The SMILES string of the molecule is CC(C)c1ccc(NC(=O)c2c(-c3ccc(Cl)cc3)ncnc2N2CCC(F)(F)C2)cn1. The lowest BCUT2D eigenvalue weighted by Crippen LogP contribution is -2.29. The molecular formula is C23H22ClF2N5O. The minimum absolute atomic E-state index is 0.0923. The molecule has 0 unspecified atom stereocenters. The van der Waals surface area contributed by atoms with Gasteiger partial charge in [0.25, 0.3) is 11.8 Å². The Morgan fingerprint density at radius 1 is 1.12 bits per heavy atom. The maximum Gasteiger partial charge on any atom is 0.266 e. The van der Waals surface area contributed by atoms with Crippen molar-refractivity contribution >= 4 is 29.0 Å². The van der Waals surface area contributed by atoms with Crippen LogP contribution in [0.1, 0.15) is 42.2 Å². The van der Waals surface area contributed by atoms with Gasteiger partial charge in [0, 0.05) is 29.2 Å². The van der Waals surface area contributed by atoms with Gasteiger partial charge in [-0.25, -0.2) is 18.7 Å². The third kappa shape index (κ3) is 4.70. The quantitative estimate of drug-likeness (QED) is 0.554. The summed E-state index contributed by atoms with van der Waals surface area (Å²) in [5, 5.41) is 3.34. The molecule has 1 fully saturated rings. The predicted octanol–water partition coefficient (Wildman–Crippen LogP) is 5.41. The zero-order valence-corrected chi connectivity index (χ0v) is 18.4. The minimum atomic E-state index is -2.84. The van der Waals surface area contributed by atoms with Gasteiger partial charge in [0.05, 0.1) is 24.1 Å². The van der Waals surface area contributed by atoms with Crippen molar-refractivity contribution < 1.29 is 13.6 Å². The Labute approximate surface area is 189 Å². The second-order valence-corrected chi connectivity index (χ2v) is 8.47. The van der Waals surface area contributed by atoms with E-state index in [4.69, 9.17) is 11.6 Å². The van der Waals surface area contributed by atoms with Crippen LogP contribution < -0.4 is 10.2 Å². The first kappa shape index (κ1) is 22.1. The molecule has 0 spiro atoms. The number of nitrogens with zero attached hydrogens (tertiary/aromatic N) is 4. The van der Waals surface area contributed by atoms with Crippen molar-refractivity contribution in [2.24, 2.45) is 0 Å². The molecule has 3 aromatic rings. The zero-order valence-electron chi connectivity index (χ0n) is 17.6. The summed E-state index contributed by atoms with van der Waals surface area (Å²) in [4.78, 5) is 27.7. The van der Waals surface area contributed by atoms with Crippen LogP contribution in [-0.2, 0) is 0 Å². The Bertz CT molecular complexity index is 1120. The number of carbonyl (C=O) groups is 1. The standard InChI is InChI=1S/C23H22ClF2N5O/c1-14(2)18-8-7-17(11-27-18)30-22(32)19-20(15-3-5-16(24)6-4-15)28-13-29-21(19)31-10-9-23(25,26)12-31/h3-8,11,13-14H,9-10,12H2,1-2H3,(H,30,32). The Morgan fingerprint density at radius 3 is 2.47 bits per heavy atom. The molecule has 1 amide bonds. The maximum absolute atomic E-state index is 13.9. The molecule has 0 radical (unpaired) electrons. The van der Waals surface area contributed by atoms with Gasteiger partial charge in [0.2, 0.25) is 0 Å². The van der Waals surface area contributed by atoms with E-state index < -0.39 is 18.4 Å². The summed E-state index contributed by atoms with van der Waals surface area (Å²) >= 11 is 6.00. The summed E-state index contributed by atoms with van der Waals surface area (Å²) in [5.74, 6) is -2.91. The van der Waals surface area contributed by atoms with Crippen LogP contribution in [0, 0.1) is 0 Å². The topological polar surface area (TPSA) is 71.0 Å². The van der Waals surface area contributed by atoms with E-state index in [1.807, 2.05) is 19.9 Å². The van der Waals surface area contributed by atoms with Crippen molar-refractivity contribution in [1.29, 1.82) is 0 Å². The molecule has 4 rings (SSSR count). The molecule has 1 aromatic carbocycles. The number of nitrogens with one attached hydrogen (secondary N) is 1. The number of carbonyl (C=O) groups excluding carboxylic acids is 1. The maximum atomic E-state index is 13.9. The van der Waals surface area contributed by atoms with Gasteiger partial charge in [-0.2, -0.15) is 0 Å². The lowest BCUT2D eigenvalue weighted by Gasteiger charge is -2.21. The van der Waals surface area contributed by atoms with E-state index in [2.05, 4.69) is 20.3 Å². The van der Waals surface area contributed by atoms with Gasteiger partial charge in [0.1, 0.15) is 17.7 Å². The smallest absolute Gasteiger partial charge is 0.266 e. The van der Waals surface area contributed by atoms with Crippen molar-refractivity contribution in [3.8, 4) is 11.3 Å². The van der Waals surface area contributed by atoms with Crippen molar-refractivity contribution in [2.45, 2.75) is 32.1 Å². The van der Waals surface area contributed by atoms with Crippen molar-refractivity contribution in [1.82, 2.24) is 15.0 Å². The van der Waals surface area contributed by atoms with Gasteiger partial charge < -0.3 is 10.2 Å². The highest BCUT2D eigenvalue weighted by Gasteiger charge is 2.40. The summed E-state index contributed by atoms with van der Waals surface area (Å²) in [7, 11) is 0. The van der Waals surface area contributed by atoms with Crippen molar-refractivity contribution in [3.05, 3.63) is 65.2 Å². The molecule has 1 aliphatic rings. The summed E-state index contributed by atoms with van der Waals surface area (Å²) < 4.78 is 27.8. The number of hydrogen-bond donors (Lipinski definition) is 1. The molecule has 6 nitrogen and oxygen atoms in total. The highest BCUT2D eigenvalue weighted by atomic mass is 35.5. The van der Waals surface area contributed by atoms with Gasteiger partial charge >= 0.3 is 0 Å². The Hall–Kier alpha value is -3.13. The normalized spacial score (nSPS) is 15.2. The highest BCUT2D eigenvalue weighted by Crippen LogP contribution is 2.35. The van der Waals surface area contributed by atoms with Crippen molar-refractivity contribution in [2.75, 3.05) is 23.3 Å². The lowest BCUT2D eigenvalue weighted by molar-refractivity contribution is 0.0256. The fourth-order valence-electron chi connectivity index (χ4n) is 3.58. The molecule has 0 bridgehead atoms. The van der Waals surface area contributed by atoms with Crippen LogP contribution in [0.2, 0.25) is 5.02 Å². The number of amides is 1. The van der Waals surface area contributed by atoms with Gasteiger partial charge in [-0.15, -0.1) is 0 Å². The van der Waals surface area contributed by atoms with Gasteiger partial charge in [-0.1, -0.05) is 37.6 Å². The van der Waals surface area contributed by atoms with Gasteiger partial charge in [0.15, 0.2) is 0 Å². The number of anilines is 2. The second kappa shape index (κ2) is 8.78. The predicted molar refractivity (Wildman–Crippen MR) is 121 cm³/mol. The molecule has 0 aliphatic carbocycles. The second-order valence-electron chi connectivity index (χ2n) is 8.04. The van der Waals surface area contributed by atoms with Crippen LogP contribution in [0.15, 0.2) is 48.9 Å². The lowest BCUT2D eigenvalue weighted by atomic mass is 10.0. The molecule has 1 N–H and O–H groups in total. The summed E-state index contributed by atoms with van der Waals surface area (Å²) in [6, 6.07) is 10.4. The largest absolute Gasteiger partial charge is 0.350 e. The van der Waals surface area contributed by atoms with Crippen LogP contribution in [0.5, 0.6) is 0 Å². The van der Waals surface area contributed by atoms with E-state index in [1.165, 1.54) is 11.2 Å². The average molecular weight is 458 g/mol. The highest BCUT2D eigenvalue weighted by molar-refractivity contribution is 6.30. The minimum Gasteiger partial charge on any atom is -0.350 e. The fraction of sp³-hybridized carbons (Fsp3) is 0.304. The molecule has 0 saturated carbocycles. The summed E-state index contributed by atoms with van der Waals surface area (Å²) in [6.45, 7) is 3.64. The number of benzene rings is 1. The summed E-state index contributed by atoms with van der Waals surface area (Å²) in [5.41, 5.74) is 2.48. The van der Waals surface area contributed by atoms with E-state index in [0.717, 1.165) is 5.69 Å². The molecule has 3 heterocycles. The van der Waals surface area contributed by atoms with Gasteiger partial charge in [-0.05, 0) is 30.2 Å². The molecule has 1 aliphatic heterocycles. The number of aromatic nitrogens is 3. The van der Waals surface area contributed by atoms with E-state index >= 15 is 0 Å². The van der Waals surface area contributed by atoms with Crippen LogP contribution in [0.4, 0.5) is 20.3 Å². The van der Waals surface area contributed by atoms with Crippen LogP contribution in [-0.4, -0.2) is 39.9 Å². The van der Waals surface area contributed by atoms with Crippen LogP contribution in [0.25, 0.3) is 11.3 Å². The monoisotopic (exact) mass is 457 g/mol. The first-order chi connectivity index (χ1) is 15.2. The Balaban J connectivity index is 1.74. The molecule has 9 heteroatoms. The first-order valence-corrected chi connectivity index (χ1v) is 10.6. The van der Waals surface area contributed by atoms with E-state index in [9.17, 15) is 13.6 Å². The Morgan fingerprint density at radius 2 is 1.88 bits per heavy atom. The molecule has 1 saturated heterocycles. The van der Waals surface area contributed by atoms with E-state index in [0.29, 0.717) is 22.0 Å². The molecule has 32 heavy (non-hydrogen) atoms. The number of rotatable bonds is 5. The van der Waals surface area contributed by atoms with Crippen LogP contribution in [0.3, 0.4) is 0 Å². The third-order valence-corrected chi connectivity index (χ3v) is 5.53. The van der Waals surface area contributed by atoms with Crippen molar-refractivity contribution in [3.63, 3.8) is 0 Å². The number of pyridine rings is 1. The van der Waals surface area contributed by atoms with Crippen LogP contribution >= 0.6 is 11.6 Å². The number of hydrogen-bond acceptors (Lipinski definition) is 5. The molecule has 0 atom stereocenters. The average Bonchev–Trinajstić information content (AvgIpc) is 3.13. The van der Waals surface area contributed by atoms with E-state index in [-0.39, 0.29) is 30.3 Å². The molecular weight excluding hydrogens is 436 g/mol.